The van der Waals surface area contributed by atoms with Crippen LogP contribution in [0.5, 0.6) is 0 Å². The lowest BCUT2D eigenvalue weighted by atomic mass is 10.1. The second-order valence-electron chi connectivity index (χ2n) is 3.56. The maximum Gasteiger partial charge on any atom is 0.294 e. The van der Waals surface area contributed by atoms with Gasteiger partial charge in [-0.15, -0.1) is 0 Å². The molecule has 86 valence electrons. The molecular formula is C13H10Cl2NO+. The Labute approximate surface area is 109 Å². The van der Waals surface area contributed by atoms with Crippen molar-refractivity contribution in [1.29, 1.82) is 0 Å². The van der Waals surface area contributed by atoms with E-state index >= 15 is 0 Å². The quantitative estimate of drug-likeness (QED) is 0.475. The summed E-state index contributed by atoms with van der Waals surface area (Å²) in [4.78, 5) is 12.0. The van der Waals surface area contributed by atoms with E-state index in [1.807, 2.05) is 18.2 Å². The molecule has 0 fully saturated rings. The van der Waals surface area contributed by atoms with Crippen molar-refractivity contribution in [2.75, 3.05) is 0 Å². The molecule has 2 nitrogen and oxygen atoms in total. The van der Waals surface area contributed by atoms with Crippen LogP contribution in [-0.4, -0.2) is 5.78 Å². The minimum Gasteiger partial charge on any atom is -0.287 e. The van der Waals surface area contributed by atoms with E-state index in [1.54, 1.807) is 35.0 Å². The summed E-state index contributed by atoms with van der Waals surface area (Å²) in [6.45, 7) is 0.184. The number of hydrogen-bond donors (Lipinski definition) is 0. The van der Waals surface area contributed by atoms with Gasteiger partial charge in [-0.05, 0) is 17.7 Å². The summed E-state index contributed by atoms with van der Waals surface area (Å²) in [5.74, 6) is -0.000216. The van der Waals surface area contributed by atoms with Crippen molar-refractivity contribution in [1.82, 2.24) is 0 Å². The first-order chi connectivity index (χ1) is 8.18. The van der Waals surface area contributed by atoms with Crippen LogP contribution >= 0.6 is 23.2 Å². The first-order valence-corrected chi connectivity index (χ1v) is 5.86. The fourth-order valence-electron chi connectivity index (χ4n) is 1.49. The molecule has 0 saturated carbocycles. The predicted molar refractivity (Wildman–Crippen MR) is 67.4 cm³/mol. The Balaban J connectivity index is 2.22. The van der Waals surface area contributed by atoms with Crippen LogP contribution in [0.3, 0.4) is 0 Å². The second kappa shape index (κ2) is 5.30. The molecule has 17 heavy (non-hydrogen) atoms. The number of halogens is 2. The Bertz CT molecular complexity index is 540. The van der Waals surface area contributed by atoms with Crippen molar-refractivity contribution in [3.8, 4) is 0 Å². The highest BCUT2D eigenvalue weighted by Crippen LogP contribution is 2.16. The van der Waals surface area contributed by atoms with E-state index in [-0.39, 0.29) is 12.3 Å². The monoisotopic (exact) mass is 266 g/mol. The predicted octanol–water partition coefficient (Wildman–Crippen LogP) is 3.16. The normalized spacial score (nSPS) is 10.2. The highest BCUT2D eigenvalue weighted by Gasteiger charge is 2.17. The number of aromatic nitrogens is 1. The van der Waals surface area contributed by atoms with Crippen LogP contribution in [0.2, 0.25) is 10.2 Å². The third-order valence-corrected chi connectivity index (χ3v) is 3.19. The molecule has 1 aromatic carbocycles. The van der Waals surface area contributed by atoms with Crippen molar-refractivity contribution < 1.29 is 9.36 Å². The number of ketones is 1. The molecule has 0 aliphatic heterocycles. The topological polar surface area (TPSA) is 20.9 Å². The first-order valence-electron chi connectivity index (χ1n) is 5.10. The van der Waals surface area contributed by atoms with E-state index in [2.05, 4.69) is 0 Å². The summed E-state index contributed by atoms with van der Waals surface area (Å²) in [5.41, 5.74) is 0.663. The maximum atomic E-state index is 12.0. The molecular weight excluding hydrogens is 257 g/mol. The van der Waals surface area contributed by atoms with Crippen molar-refractivity contribution in [2.24, 2.45) is 0 Å². The molecule has 4 heteroatoms. The average Bonchev–Trinajstić information content (AvgIpc) is 2.36. The van der Waals surface area contributed by atoms with Gasteiger partial charge in [0.05, 0.1) is 0 Å². The summed E-state index contributed by atoms with van der Waals surface area (Å²) < 4.78 is 1.62. The van der Waals surface area contributed by atoms with Crippen LogP contribution in [0.25, 0.3) is 0 Å². The number of benzene rings is 1. The minimum absolute atomic E-state index is 0.000216. The SMILES string of the molecule is O=C(C[n+]1cccc(Cl)c1Cl)c1ccccc1. The minimum atomic E-state index is -0.000216. The number of hydrogen-bond acceptors (Lipinski definition) is 1. The molecule has 0 aliphatic carbocycles. The Morgan fingerprint density at radius 3 is 2.47 bits per heavy atom. The number of Topliss-reactive ketones (excluding diaryl/α,β-unsaturated/α-hetero) is 1. The third-order valence-electron chi connectivity index (χ3n) is 2.37. The van der Waals surface area contributed by atoms with Gasteiger partial charge in [0.25, 0.3) is 5.15 Å². The van der Waals surface area contributed by atoms with Crippen LogP contribution in [0.15, 0.2) is 48.7 Å². The molecule has 0 unspecified atom stereocenters. The summed E-state index contributed by atoms with van der Waals surface area (Å²) in [5, 5.41) is 0.813. The summed E-state index contributed by atoms with van der Waals surface area (Å²) >= 11 is 11.9. The largest absolute Gasteiger partial charge is 0.294 e. The summed E-state index contributed by atoms with van der Waals surface area (Å²) in [6.07, 6.45) is 1.73. The van der Waals surface area contributed by atoms with Gasteiger partial charge in [0.2, 0.25) is 12.3 Å². The fourth-order valence-corrected chi connectivity index (χ4v) is 1.86. The Morgan fingerprint density at radius 2 is 1.76 bits per heavy atom. The van der Waals surface area contributed by atoms with Crippen LogP contribution in [0, 0.1) is 0 Å². The van der Waals surface area contributed by atoms with Crippen molar-refractivity contribution in [3.63, 3.8) is 0 Å². The van der Waals surface area contributed by atoms with Gasteiger partial charge >= 0.3 is 0 Å². The smallest absolute Gasteiger partial charge is 0.287 e. The molecule has 0 saturated heterocycles. The molecule has 0 spiro atoms. The van der Waals surface area contributed by atoms with Crippen LogP contribution < -0.4 is 4.57 Å². The lowest BCUT2D eigenvalue weighted by Crippen LogP contribution is -2.38. The number of rotatable bonds is 3. The maximum absolute atomic E-state index is 12.0. The zero-order valence-electron chi connectivity index (χ0n) is 8.94. The van der Waals surface area contributed by atoms with Crippen LogP contribution in [0.1, 0.15) is 10.4 Å². The third kappa shape index (κ3) is 2.84. The van der Waals surface area contributed by atoms with E-state index in [9.17, 15) is 4.79 Å². The molecule has 2 aromatic rings. The second-order valence-corrected chi connectivity index (χ2v) is 4.33. The number of nitrogens with zero attached hydrogens (tertiary/aromatic N) is 1. The molecule has 0 bridgehead atoms. The molecule has 0 N–H and O–H groups in total. The first kappa shape index (κ1) is 12.1. The van der Waals surface area contributed by atoms with Crippen molar-refractivity contribution in [2.45, 2.75) is 6.54 Å². The lowest BCUT2D eigenvalue weighted by Gasteiger charge is -2.00. The molecule has 1 heterocycles. The van der Waals surface area contributed by atoms with Gasteiger partial charge in [-0.2, -0.15) is 4.57 Å². The number of carbonyl (C=O) groups excluding carboxylic acids is 1. The van der Waals surface area contributed by atoms with Gasteiger partial charge in [-0.3, -0.25) is 4.79 Å². The zero-order valence-corrected chi connectivity index (χ0v) is 10.4. The molecule has 0 amide bonds. The van der Waals surface area contributed by atoms with E-state index in [0.29, 0.717) is 15.7 Å². The Kier molecular flexibility index (Phi) is 3.77. The van der Waals surface area contributed by atoms with Gasteiger partial charge in [-0.1, -0.05) is 41.9 Å². The van der Waals surface area contributed by atoms with Crippen LogP contribution in [0.4, 0.5) is 0 Å². The lowest BCUT2D eigenvalue weighted by molar-refractivity contribution is -0.680. The van der Waals surface area contributed by atoms with E-state index in [4.69, 9.17) is 23.2 Å². The summed E-state index contributed by atoms with van der Waals surface area (Å²) in [6, 6.07) is 12.5. The van der Waals surface area contributed by atoms with Crippen molar-refractivity contribution >= 4 is 29.0 Å². The van der Waals surface area contributed by atoms with Gasteiger partial charge in [0.1, 0.15) is 5.02 Å². The van der Waals surface area contributed by atoms with E-state index in [1.165, 1.54) is 0 Å². The van der Waals surface area contributed by atoms with Gasteiger partial charge in [0.15, 0.2) is 6.20 Å². The highest BCUT2D eigenvalue weighted by atomic mass is 35.5. The molecule has 1 aromatic heterocycles. The molecule has 0 aliphatic rings. The number of carbonyl (C=O) groups is 1. The van der Waals surface area contributed by atoms with E-state index < -0.39 is 0 Å². The Hall–Kier alpha value is -1.38. The standard InChI is InChI=1S/C13H10Cl2NO/c14-11-7-4-8-16(13(11)15)9-12(17)10-5-2-1-3-6-10/h1-8H,9H2/q+1. The van der Waals surface area contributed by atoms with Gasteiger partial charge in [-0.25, -0.2) is 0 Å². The summed E-state index contributed by atoms with van der Waals surface area (Å²) in [7, 11) is 0. The van der Waals surface area contributed by atoms with Crippen LogP contribution in [-0.2, 0) is 6.54 Å². The zero-order chi connectivity index (χ0) is 12.3. The fraction of sp³-hybridized carbons (Fsp3) is 0.0769. The van der Waals surface area contributed by atoms with Gasteiger partial charge in [0, 0.05) is 11.6 Å². The van der Waals surface area contributed by atoms with E-state index in [0.717, 1.165) is 0 Å². The Morgan fingerprint density at radius 1 is 1.06 bits per heavy atom. The number of pyridine rings is 1. The molecule has 2 rings (SSSR count). The highest BCUT2D eigenvalue weighted by molar-refractivity contribution is 6.40. The van der Waals surface area contributed by atoms with Gasteiger partial charge < -0.3 is 0 Å². The van der Waals surface area contributed by atoms with Crippen molar-refractivity contribution in [3.05, 3.63) is 64.4 Å². The molecule has 0 radical (unpaired) electrons. The molecule has 0 atom stereocenters. The average molecular weight is 267 g/mol.